The molecule has 1 aromatic carbocycles. The summed E-state index contributed by atoms with van der Waals surface area (Å²) in [4.78, 5) is 15.7. The van der Waals surface area contributed by atoms with Gasteiger partial charge in [-0.3, -0.25) is 13.9 Å². The fraction of sp³-hybridized carbons (Fsp3) is 0.500. The Hall–Kier alpha value is -1.48. The lowest BCUT2D eigenvalue weighted by atomic mass is 10.3. The molecule has 1 heterocycles. The van der Waals surface area contributed by atoms with E-state index in [2.05, 4.69) is 0 Å². The third-order valence-corrected chi connectivity index (χ3v) is 4.79. The van der Waals surface area contributed by atoms with E-state index in [9.17, 15) is 13.2 Å². The molecule has 0 radical (unpaired) electrons. The van der Waals surface area contributed by atoms with E-state index in [1.165, 1.54) is 12.1 Å². The average molecular weight is 328 g/mol. The van der Waals surface area contributed by atoms with Crippen molar-refractivity contribution in [1.29, 1.82) is 0 Å². The molecule has 1 saturated heterocycles. The van der Waals surface area contributed by atoms with E-state index in [0.717, 1.165) is 0 Å². The normalized spacial score (nSPS) is 16.7. The van der Waals surface area contributed by atoms with Gasteiger partial charge in [0, 0.05) is 32.7 Å². The first-order chi connectivity index (χ1) is 10.5. The third kappa shape index (κ3) is 4.51. The average Bonchev–Trinajstić information content (AvgIpc) is 2.54. The Balaban J connectivity index is 1.83. The van der Waals surface area contributed by atoms with Crippen LogP contribution >= 0.6 is 0 Å². The number of nitrogens with zero attached hydrogens (tertiary/aromatic N) is 2. The first-order valence-corrected chi connectivity index (χ1v) is 8.49. The van der Waals surface area contributed by atoms with Gasteiger partial charge in [-0.15, -0.1) is 0 Å². The van der Waals surface area contributed by atoms with Crippen LogP contribution in [0.15, 0.2) is 35.2 Å². The molecule has 0 atom stereocenters. The van der Waals surface area contributed by atoms with Crippen LogP contribution in [0.2, 0.25) is 0 Å². The smallest absolute Gasteiger partial charge is 0.297 e. The number of carbonyl (C=O) groups excluding carboxylic acids is 1. The molecule has 1 aliphatic heterocycles. The Bertz CT molecular complexity index is 583. The molecule has 122 valence electrons. The van der Waals surface area contributed by atoms with Crippen LogP contribution in [0.3, 0.4) is 0 Å². The van der Waals surface area contributed by atoms with Crippen molar-refractivity contribution in [1.82, 2.24) is 9.80 Å². The maximum Gasteiger partial charge on any atom is 0.297 e. The molecule has 1 N–H and O–H groups in total. The topological polar surface area (TPSA) is 87.2 Å². The van der Waals surface area contributed by atoms with Gasteiger partial charge in [0.05, 0.1) is 11.5 Å². The van der Waals surface area contributed by atoms with Crippen LogP contribution < -0.4 is 0 Å². The van der Waals surface area contributed by atoms with E-state index in [1.807, 2.05) is 4.90 Å². The predicted octanol–water partition coefficient (Wildman–Crippen LogP) is -0.472. The largest absolute Gasteiger partial charge is 0.395 e. The first-order valence-electron chi connectivity index (χ1n) is 7.08. The lowest BCUT2D eigenvalue weighted by Gasteiger charge is -2.34. The van der Waals surface area contributed by atoms with Crippen molar-refractivity contribution in [2.24, 2.45) is 0 Å². The highest BCUT2D eigenvalue weighted by Crippen LogP contribution is 2.11. The van der Waals surface area contributed by atoms with Crippen LogP contribution in [0.5, 0.6) is 0 Å². The highest BCUT2D eigenvalue weighted by molar-refractivity contribution is 7.86. The van der Waals surface area contributed by atoms with Crippen molar-refractivity contribution in [3.8, 4) is 0 Å². The summed E-state index contributed by atoms with van der Waals surface area (Å²) in [7, 11) is -3.90. The Morgan fingerprint density at radius 1 is 1.14 bits per heavy atom. The lowest BCUT2D eigenvalue weighted by Crippen LogP contribution is -2.50. The maximum atomic E-state index is 12.0. The van der Waals surface area contributed by atoms with E-state index >= 15 is 0 Å². The van der Waals surface area contributed by atoms with Crippen molar-refractivity contribution in [3.05, 3.63) is 30.3 Å². The SMILES string of the molecule is O=C(COS(=O)(=O)c1ccccc1)N1CCN(CCO)CC1. The predicted molar refractivity (Wildman–Crippen MR) is 79.7 cm³/mol. The Kier molecular flexibility index (Phi) is 5.90. The van der Waals surface area contributed by atoms with Gasteiger partial charge in [-0.2, -0.15) is 8.42 Å². The molecule has 0 spiro atoms. The van der Waals surface area contributed by atoms with Crippen LogP contribution in [-0.2, 0) is 19.1 Å². The zero-order valence-corrected chi connectivity index (χ0v) is 13.0. The van der Waals surface area contributed by atoms with Crippen molar-refractivity contribution in [2.45, 2.75) is 4.90 Å². The van der Waals surface area contributed by atoms with Gasteiger partial charge in [-0.1, -0.05) is 18.2 Å². The zero-order valence-electron chi connectivity index (χ0n) is 12.2. The van der Waals surface area contributed by atoms with Gasteiger partial charge in [0.25, 0.3) is 10.1 Å². The molecule has 0 unspecified atom stereocenters. The van der Waals surface area contributed by atoms with Crippen molar-refractivity contribution in [2.75, 3.05) is 45.9 Å². The van der Waals surface area contributed by atoms with Gasteiger partial charge in [-0.05, 0) is 12.1 Å². The third-order valence-electron chi connectivity index (χ3n) is 3.51. The molecule has 0 aliphatic carbocycles. The van der Waals surface area contributed by atoms with E-state index in [0.29, 0.717) is 32.7 Å². The number of amides is 1. The van der Waals surface area contributed by atoms with Crippen molar-refractivity contribution >= 4 is 16.0 Å². The molecular formula is C14H20N2O5S. The van der Waals surface area contributed by atoms with Gasteiger partial charge in [0.1, 0.15) is 6.61 Å². The number of rotatable bonds is 6. The summed E-state index contributed by atoms with van der Waals surface area (Å²) in [5.41, 5.74) is 0. The van der Waals surface area contributed by atoms with Gasteiger partial charge < -0.3 is 10.0 Å². The molecule has 0 saturated carbocycles. The molecule has 2 rings (SSSR count). The molecule has 1 aromatic rings. The molecule has 0 bridgehead atoms. The highest BCUT2D eigenvalue weighted by atomic mass is 32.2. The lowest BCUT2D eigenvalue weighted by molar-refractivity contribution is -0.135. The second-order valence-corrected chi connectivity index (χ2v) is 6.59. The summed E-state index contributed by atoms with van der Waals surface area (Å²) in [5, 5.41) is 8.87. The number of aliphatic hydroxyl groups is 1. The van der Waals surface area contributed by atoms with Gasteiger partial charge in [0.15, 0.2) is 0 Å². The number of β-amino-alcohol motifs (C(OH)–C–C–N with tert-alkyl or cyclic N) is 1. The van der Waals surface area contributed by atoms with E-state index in [-0.39, 0.29) is 17.4 Å². The van der Waals surface area contributed by atoms with Crippen LogP contribution in [-0.4, -0.2) is 75.2 Å². The Morgan fingerprint density at radius 3 is 2.36 bits per heavy atom. The van der Waals surface area contributed by atoms with Crippen LogP contribution in [0.4, 0.5) is 0 Å². The van der Waals surface area contributed by atoms with E-state index in [4.69, 9.17) is 9.29 Å². The molecule has 22 heavy (non-hydrogen) atoms. The quantitative estimate of drug-likeness (QED) is 0.710. The number of piperazine rings is 1. The number of benzene rings is 1. The standard InChI is InChI=1S/C14H20N2O5S/c17-11-10-15-6-8-16(9-7-15)14(18)12-21-22(19,20)13-4-2-1-3-5-13/h1-5,17H,6-12H2. The number of aliphatic hydroxyl groups excluding tert-OH is 1. The molecule has 1 amide bonds. The Labute approximate surface area is 130 Å². The summed E-state index contributed by atoms with van der Waals surface area (Å²) in [6, 6.07) is 7.74. The minimum absolute atomic E-state index is 0.0376. The maximum absolute atomic E-state index is 12.0. The van der Waals surface area contributed by atoms with Gasteiger partial charge >= 0.3 is 0 Å². The minimum Gasteiger partial charge on any atom is -0.395 e. The van der Waals surface area contributed by atoms with E-state index in [1.54, 1.807) is 23.1 Å². The van der Waals surface area contributed by atoms with E-state index < -0.39 is 16.7 Å². The van der Waals surface area contributed by atoms with Crippen molar-refractivity contribution in [3.63, 3.8) is 0 Å². The zero-order chi connectivity index (χ0) is 16.0. The minimum atomic E-state index is -3.90. The summed E-state index contributed by atoms with van der Waals surface area (Å²) in [6.45, 7) is 2.53. The summed E-state index contributed by atoms with van der Waals surface area (Å²) < 4.78 is 28.7. The Morgan fingerprint density at radius 2 is 1.77 bits per heavy atom. The molecule has 8 heteroatoms. The molecule has 0 aromatic heterocycles. The van der Waals surface area contributed by atoms with Crippen LogP contribution in [0.1, 0.15) is 0 Å². The molecular weight excluding hydrogens is 308 g/mol. The number of hydrogen-bond acceptors (Lipinski definition) is 6. The van der Waals surface area contributed by atoms with Crippen LogP contribution in [0, 0.1) is 0 Å². The summed E-state index contributed by atoms with van der Waals surface area (Å²) in [5.74, 6) is -0.344. The summed E-state index contributed by atoms with van der Waals surface area (Å²) in [6.07, 6.45) is 0. The number of hydrogen-bond donors (Lipinski definition) is 1. The first kappa shape index (κ1) is 16.9. The monoisotopic (exact) mass is 328 g/mol. The summed E-state index contributed by atoms with van der Waals surface area (Å²) >= 11 is 0. The van der Waals surface area contributed by atoms with Crippen LogP contribution in [0.25, 0.3) is 0 Å². The molecule has 1 fully saturated rings. The van der Waals surface area contributed by atoms with Crippen molar-refractivity contribution < 1.29 is 22.5 Å². The number of carbonyl (C=O) groups is 1. The molecule has 1 aliphatic rings. The fourth-order valence-electron chi connectivity index (χ4n) is 2.24. The second-order valence-electron chi connectivity index (χ2n) is 4.98. The second kappa shape index (κ2) is 7.68. The molecule has 7 nitrogen and oxygen atoms in total. The fourth-order valence-corrected chi connectivity index (χ4v) is 3.12. The van der Waals surface area contributed by atoms with Gasteiger partial charge in [0.2, 0.25) is 5.91 Å². The highest BCUT2D eigenvalue weighted by Gasteiger charge is 2.23. The van der Waals surface area contributed by atoms with Gasteiger partial charge in [-0.25, -0.2) is 0 Å².